The van der Waals surface area contributed by atoms with Gasteiger partial charge in [0.25, 0.3) is 11.5 Å². The molecule has 0 atom stereocenters. The molecule has 3 aromatic rings. The van der Waals surface area contributed by atoms with Crippen LogP contribution >= 0.6 is 11.6 Å². The van der Waals surface area contributed by atoms with E-state index in [0.717, 1.165) is 25.9 Å². The topological polar surface area (TPSA) is 86.0 Å². The molecular weight excluding hydrogens is 404 g/mol. The SMILES string of the molecule is CCCNC(=O)c1nn(-c2ccc(C)c(Cl)c2)c(=O)n(Cc2ccccc2C)c1=O. The van der Waals surface area contributed by atoms with E-state index in [1.54, 1.807) is 18.2 Å². The number of hydrogen-bond acceptors (Lipinski definition) is 4. The highest BCUT2D eigenvalue weighted by atomic mass is 35.5. The van der Waals surface area contributed by atoms with Crippen molar-refractivity contribution in [3.05, 3.63) is 90.7 Å². The van der Waals surface area contributed by atoms with E-state index in [2.05, 4.69) is 10.4 Å². The Morgan fingerprint density at radius 2 is 1.83 bits per heavy atom. The number of carbonyl (C=O) groups excluding carboxylic acids is 1. The number of hydrogen-bond donors (Lipinski definition) is 1. The van der Waals surface area contributed by atoms with Gasteiger partial charge in [-0.05, 0) is 49.1 Å². The zero-order valence-corrected chi connectivity index (χ0v) is 17.9. The van der Waals surface area contributed by atoms with Gasteiger partial charge in [-0.1, -0.05) is 48.9 Å². The van der Waals surface area contributed by atoms with Crippen LogP contribution < -0.4 is 16.6 Å². The summed E-state index contributed by atoms with van der Waals surface area (Å²) in [5.41, 5.74) is 1.23. The average molecular weight is 427 g/mol. The number of aromatic nitrogens is 3. The first-order valence-corrected chi connectivity index (χ1v) is 10.0. The van der Waals surface area contributed by atoms with Gasteiger partial charge in [0.15, 0.2) is 0 Å². The van der Waals surface area contributed by atoms with E-state index in [1.807, 2.05) is 45.0 Å². The van der Waals surface area contributed by atoms with Gasteiger partial charge in [0.05, 0.1) is 12.2 Å². The first kappa shape index (κ1) is 21.5. The van der Waals surface area contributed by atoms with Crippen LogP contribution in [-0.4, -0.2) is 26.8 Å². The van der Waals surface area contributed by atoms with Crippen molar-refractivity contribution in [2.24, 2.45) is 0 Å². The van der Waals surface area contributed by atoms with Gasteiger partial charge in [0.2, 0.25) is 5.69 Å². The molecular formula is C22H23ClN4O3. The maximum absolute atomic E-state index is 13.2. The Hall–Kier alpha value is -3.19. The zero-order chi connectivity index (χ0) is 21.8. The van der Waals surface area contributed by atoms with Gasteiger partial charge < -0.3 is 5.32 Å². The number of aryl methyl sites for hydroxylation is 2. The van der Waals surface area contributed by atoms with Gasteiger partial charge in [0, 0.05) is 11.6 Å². The summed E-state index contributed by atoms with van der Waals surface area (Å²) in [6.07, 6.45) is 0.705. The minimum atomic E-state index is -0.730. The third-order valence-corrected chi connectivity index (χ3v) is 5.21. The highest BCUT2D eigenvalue weighted by Gasteiger charge is 2.20. The molecule has 0 aliphatic rings. The van der Waals surface area contributed by atoms with Gasteiger partial charge in [-0.3, -0.25) is 14.2 Å². The van der Waals surface area contributed by atoms with Gasteiger partial charge >= 0.3 is 5.69 Å². The maximum atomic E-state index is 13.2. The number of carbonyl (C=O) groups is 1. The van der Waals surface area contributed by atoms with E-state index in [-0.39, 0.29) is 12.2 Å². The molecule has 30 heavy (non-hydrogen) atoms. The van der Waals surface area contributed by atoms with Crippen LogP contribution in [0.4, 0.5) is 0 Å². The van der Waals surface area contributed by atoms with Crippen LogP contribution in [0.15, 0.2) is 52.1 Å². The fraction of sp³-hybridized carbons (Fsp3) is 0.273. The third kappa shape index (κ3) is 4.36. The van der Waals surface area contributed by atoms with E-state index < -0.39 is 17.2 Å². The fourth-order valence-corrected chi connectivity index (χ4v) is 3.13. The highest BCUT2D eigenvalue weighted by molar-refractivity contribution is 6.31. The maximum Gasteiger partial charge on any atom is 0.352 e. The van der Waals surface area contributed by atoms with Gasteiger partial charge in [-0.2, -0.15) is 9.78 Å². The number of rotatable bonds is 6. The molecule has 1 aromatic heterocycles. The van der Waals surface area contributed by atoms with Gasteiger partial charge in [-0.15, -0.1) is 0 Å². The highest BCUT2D eigenvalue weighted by Crippen LogP contribution is 2.18. The quantitative estimate of drug-likeness (QED) is 0.656. The lowest BCUT2D eigenvalue weighted by Gasteiger charge is -2.13. The number of nitrogens with zero attached hydrogens (tertiary/aromatic N) is 3. The summed E-state index contributed by atoms with van der Waals surface area (Å²) < 4.78 is 2.08. The second-order valence-electron chi connectivity index (χ2n) is 7.05. The van der Waals surface area contributed by atoms with Crippen LogP contribution in [0.25, 0.3) is 5.69 Å². The molecule has 0 bridgehead atoms. The molecule has 156 valence electrons. The van der Waals surface area contributed by atoms with Crippen molar-refractivity contribution in [3.8, 4) is 5.69 Å². The normalized spacial score (nSPS) is 10.8. The predicted octanol–water partition coefficient (Wildman–Crippen LogP) is 2.85. The molecule has 0 saturated carbocycles. The minimum Gasteiger partial charge on any atom is -0.350 e. The van der Waals surface area contributed by atoms with Crippen LogP contribution in [0.2, 0.25) is 5.02 Å². The lowest BCUT2D eigenvalue weighted by atomic mass is 10.1. The summed E-state index contributed by atoms with van der Waals surface area (Å²) in [6, 6.07) is 12.5. The van der Waals surface area contributed by atoms with Crippen LogP contribution in [0.1, 0.15) is 40.5 Å². The summed E-state index contributed by atoms with van der Waals surface area (Å²) >= 11 is 6.22. The number of nitrogens with one attached hydrogen (secondary N) is 1. The van der Waals surface area contributed by atoms with E-state index in [0.29, 0.717) is 23.7 Å². The summed E-state index contributed by atoms with van der Waals surface area (Å²) in [7, 11) is 0. The smallest absolute Gasteiger partial charge is 0.350 e. The molecule has 1 amide bonds. The summed E-state index contributed by atoms with van der Waals surface area (Å²) in [6.45, 7) is 6.06. The van der Waals surface area contributed by atoms with Crippen molar-refractivity contribution in [2.75, 3.05) is 6.54 Å². The Balaban J connectivity index is 2.23. The van der Waals surface area contributed by atoms with Gasteiger partial charge in [-0.25, -0.2) is 4.79 Å². The molecule has 7 nitrogen and oxygen atoms in total. The van der Waals surface area contributed by atoms with Crippen LogP contribution in [0, 0.1) is 13.8 Å². The minimum absolute atomic E-state index is 0.0283. The van der Waals surface area contributed by atoms with E-state index in [1.165, 1.54) is 0 Å². The zero-order valence-electron chi connectivity index (χ0n) is 17.1. The van der Waals surface area contributed by atoms with Crippen molar-refractivity contribution in [3.63, 3.8) is 0 Å². The molecule has 2 aromatic carbocycles. The molecule has 8 heteroatoms. The van der Waals surface area contributed by atoms with Crippen LogP contribution in [0.3, 0.4) is 0 Å². The Morgan fingerprint density at radius 3 is 2.50 bits per heavy atom. The molecule has 1 N–H and O–H groups in total. The Labute approximate surface area is 178 Å². The second-order valence-corrected chi connectivity index (χ2v) is 7.46. The summed E-state index contributed by atoms with van der Waals surface area (Å²) in [5.74, 6) is -0.618. The number of halogens is 1. The molecule has 3 rings (SSSR count). The largest absolute Gasteiger partial charge is 0.352 e. The number of amides is 1. The summed E-state index contributed by atoms with van der Waals surface area (Å²) in [5, 5.41) is 7.20. The van der Waals surface area contributed by atoms with Crippen molar-refractivity contribution in [1.82, 2.24) is 19.7 Å². The Morgan fingerprint density at radius 1 is 1.10 bits per heavy atom. The first-order chi connectivity index (χ1) is 14.3. The molecule has 0 saturated heterocycles. The Bertz CT molecular complexity index is 1210. The predicted molar refractivity (Wildman–Crippen MR) is 117 cm³/mol. The van der Waals surface area contributed by atoms with E-state index in [9.17, 15) is 14.4 Å². The van der Waals surface area contributed by atoms with Crippen molar-refractivity contribution >= 4 is 17.5 Å². The Kier molecular flexibility index (Phi) is 6.52. The van der Waals surface area contributed by atoms with E-state index >= 15 is 0 Å². The molecule has 0 unspecified atom stereocenters. The fourth-order valence-electron chi connectivity index (χ4n) is 2.96. The second kappa shape index (κ2) is 9.09. The lowest BCUT2D eigenvalue weighted by Crippen LogP contribution is -2.46. The van der Waals surface area contributed by atoms with Crippen molar-refractivity contribution < 1.29 is 4.79 Å². The monoisotopic (exact) mass is 426 g/mol. The molecule has 0 radical (unpaired) electrons. The van der Waals surface area contributed by atoms with Gasteiger partial charge in [0.1, 0.15) is 0 Å². The van der Waals surface area contributed by atoms with Crippen LogP contribution in [-0.2, 0) is 6.54 Å². The first-order valence-electron chi connectivity index (χ1n) is 9.67. The average Bonchev–Trinajstić information content (AvgIpc) is 2.73. The van der Waals surface area contributed by atoms with Crippen molar-refractivity contribution in [2.45, 2.75) is 33.7 Å². The van der Waals surface area contributed by atoms with Crippen LogP contribution in [0.5, 0.6) is 0 Å². The lowest BCUT2D eigenvalue weighted by molar-refractivity contribution is 0.0944. The molecule has 1 heterocycles. The number of benzene rings is 2. The molecule has 0 aliphatic heterocycles. The molecule has 0 aliphatic carbocycles. The van der Waals surface area contributed by atoms with E-state index in [4.69, 9.17) is 11.6 Å². The standard InChI is InChI=1S/C22H23ClN4O3/c1-4-11-24-20(28)19-21(29)26(13-16-8-6-5-7-14(16)2)22(30)27(25-19)17-10-9-15(3)18(23)12-17/h5-10,12H,4,11,13H2,1-3H3,(H,24,28). The van der Waals surface area contributed by atoms with Crippen molar-refractivity contribution in [1.29, 1.82) is 0 Å². The third-order valence-electron chi connectivity index (χ3n) is 4.80. The molecule has 0 fully saturated rings. The molecule has 0 spiro atoms. The summed E-state index contributed by atoms with van der Waals surface area (Å²) in [4.78, 5) is 38.8.